The Morgan fingerprint density at radius 3 is 3.12 bits per heavy atom. The first kappa shape index (κ1) is 6.05. The van der Waals surface area contributed by atoms with Gasteiger partial charge in [0.2, 0.25) is 0 Å². The number of hydrogen-bond donors (Lipinski definition) is 0. The van der Waals surface area contributed by atoms with E-state index in [-0.39, 0.29) is 0 Å². The Labute approximate surface area is 49.8 Å². The van der Waals surface area contributed by atoms with E-state index in [4.69, 9.17) is 9.47 Å². The van der Waals surface area contributed by atoms with Gasteiger partial charge in [-0.05, 0) is 12.8 Å². The Balaban J connectivity index is 2.06. The fraction of sp³-hybridized carbons (Fsp3) is 1.00. The zero-order valence-corrected chi connectivity index (χ0v) is 5.22. The molecule has 1 unspecified atom stereocenters. The second-order valence-electron chi connectivity index (χ2n) is 2.09. The highest BCUT2D eigenvalue weighted by atomic mass is 16.5. The van der Waals surface area contributed by atoms with E-state index in [1.807, 2.05) is 0 Å². The fourth-order valence-electron chi connectivity index (χ4n) is 0.962. The van der Waals surface area contributed by atoms with Crippen molar-refractivity contribution >= 4 is 0 Å². The molecule has 0 aromatic rings. The van der Waals surface area contributed by atoms with Gasteiger partial charge in [0.25, 0.3) is 0 Å². The van der Waals surface area contributed by atoms with Crippen LogP contribution in [-0.2, 0) is 9.47 Å². The smallest absolute Gasteiger partial charge is 0.0809 e. The summed E-state index contributed by atoms with van der Waals surface area (Å²) in [6.45, 7) is 1.69. The summed E-state index contributed by atoms with van der Waals surface area (Å²) in [6, 6.07) is 0. The van der Waals surface area contributed by atoms with Crippen LogP contribution in [0.25, 0.3) is 0 Å². The highest BCUT2D eigenvalue weighted by Gasteiger charge is 2.13. The standard InChI is InChI=1S/C6H12O2/c1-7-5-6-3-2-4-8-6/h6H,2-5H2,1H3. The molecule has 1 rings (SSSR count). The first-order chi connectivity index (χ1) is 3.93. The lowest BCUT2D eigenvalue weighted by molar-refractivity contribution is 0.0380. The summed E-state index contributed by atoms with van der Waals surface area (Å²) >= 11 is 0. The molecule has 1 saturated heterocycles. The maximum Gasteiger partial charge on any atom is 0.0809 e. The van der Waals surface area contributed by atoms with Crippen LogP contribution in [0.3, 0.4) is 0 Å². The quantitative estimate of drug-likeness (QED) is 0.531. The first-order valence-electron chi connectivity index (χ1n) is 3.04. The van der Waals surface area contributed by atoms with E-state index in [1.54, 1.807) is 7.11 Å². The van der Waals surface area contributed by atoms with Crippen molar-refractivity contribution in [2.75, 3.05) is 20.3 Å². The third-order valence-corrected chi connectivity index (χ3v) is 1.38. The Morgan fingerprint density at radius 1 is 1.75 bits per heavy atom. The highest BCUT2D eigenvalue weighted by molar-refractivity contribution is 4.62. The Hall–Kier alpha value is -0.0800. The zero-order valence-electron chi connectivity index (χ0n) is 5.22. The predicted molar refractivity (Wildman–Crippen MR) is 30.8 cm³/mol. The van der Waals surface area contributed by atoms with E-state index in [0.29, 0.717) is 6.10 Å². The van der Waals surface area contributed by atoms with Crippen molar-refractivity contribution < 1.29 is 9.47 Å². The lowest BCUT2D eigenvalue weighted by atomic mass is 10.2. The van der Waals surface area contributed by atoms with Gasteiger partial charge in [0, 0.05) is 13.7 Å². The van der Waals surface area contributed by atoms with E-state index in [1.165, 1.54) is 12.8 Å². The van der Waals surface area contributed by atoms with E-state index in [2.05, 4.69) is 0 Å². The minimum Gasteiger partial charge on any atom is -0.382 e. The van der Waals surface area contributed by atoms with Gasteiger partial charge >= 0.3 is 0 Å². The maximum absolute atomic E-state index is 5.27. The molecule has 0 amide bonds. The van der Waals surface area contributed by atoms with Crippen LogP contribution in [0.4, 0.5) is 0 Å². The second kappa shape index (κ2) is 3.05. The van der Waals surface area contributed by atoms with Gasteiger partial charge in [0.1, 0.15) is 0 Å². The summed E-state index contributed by atoms with van der Waals surface area (Å²) < 4.78 is 10.2. The highest BCUT2D eigenvalue weighted by Crippen LogP contribution is 2.10. The summed E-state index contributed by atoms with van der Waals surface area (Å²) in [7, 11) is 1.71. The number of ether oxygens (including phenoxy) is 2. The monoisotopic (exact) mass is 116 g/mol. The molecule has 48 valence electrons. The summed E-state index contributed by atoms with van der Waals surface area (Å²) in [5, 5.41) is 0. The molecule has 0 aromatic carbocycles. The molecule has 2 nitrogen and oxygen atoms in total. The zero-order chi connectivity index (χ0) is 5.82. The molecule has 0 radical (unpaired) electrons. The van der Waals surface area contributed by atoms with Crippen LogP contribution >= 0.6 is 0 Å². The molecule has 0 aliphatic carbocycles. The Morgan fingerprint density at radius 2 is 2.62 bits per heavy atom. The van der Waals surface area contributed by atoms with E-state index in [0.717, 1.165) is 13.2 Å². The minimum absolute atomic E-state index is 0.389. The molecule has 0 N–H and O–H groups in total. The van der Waals surface area contributed by atoms with Gasteiger partial charge in [-0.3, -0.25) is 0 Å². The van der Waals surface area contributed by atoms with Crippen LogP contribution in [0.15, 0.2) is 0 Å². The molecule has 2 heteroatoms. The van der Waals surface area contributed by atoms with Crippen LogP contribution in [0.2, 0.25) is 0 Å². The molecule has 1 heterocycles. The van der Waals surface area contributed by atoms with Gasteiger partial charge in [-0.2, -0.15) is 0 Å². The van der Waals surface area contributed by atoms with Gasteiger partial charge in [-0.1, -0.05) is 0 Å². The van der Waals surface area contributed by atoms with Crippen LogP contribution < -0.4 is 0 Å². The molecule has 0 saturated carbocycles. The van der Waals surface area contributed by atoms with Crippen LogP contribution in [0.5, 0.6) is 0 Å². The van der Waals surface area contributed by atoms with E-state index < -0.39 is 0 Å². The van der Waals surface area contributed by atoms with Gasteiger partial charge in [0.15, 0.2) is 0 Å². The van der Waals surface area contributed by atoms with Crippen molar-refractivity contribution in [2.45, 2.75) is 18.9 Å². The summed E-state index contributed by atoms with van der Waals surface area (Å²) in [6.07, 6.45) is 2.77. The summed E-state index contributed by atoms with van der Waals surface area (Å²) in [5.41, 5.74) is 0. The molecule has 8 heavy (non-hydrogen) atoms. The van der Waals surface area contributed by atoms with E-state index in [9.17, 15) is 0 Å². The third kappa shape index (κ3) is 1.46. The van der Waals surface area contributed by atoms with Gasteiger partial charge in [-0.15, -0.1) is 0 Å². The fourth-order valence-corrected chi connectivity index (χ4v) is 0.962. The van der Waals surface area contributed by atoms with Gasteiger partial charge in [-0.25, -0.2) is 0 Å². The lowest BCUT2D eigenvalue weighted by Gasteiger charge is -2.05. The predicted octanol–water partition coefficient (Wildman–Crippen LogP) is 0.812. The molecule has 1 aliphatic rings. The van der Waals surface area contributed by atoms with Crippen molar-refractivity contribution in [1.82, 2.24) is 0 Å². The van der Waals surface area contributed by atoms with Crippen molar-refractivity contribution in [3.05, 3.63) is 0 Å². The van der Waals surface area contributed by atoms with Gasteiger partial charge in [0.05, 0.1) is 12.7 Å². The molecule has 0 bridgehead atoms. The SMILES string of the molecule is COCC1CCCO1. The Bertz CT molecular complexity index is 57.5. The van der Waals surface area contributed by atoms with Crippen LogP contribution in [0.1, 0.15) is 12.8 Å². The van der Waals surface area contributed by atoms with Crippen LogP contribution in [0, 0.1) is 0 Å². The summed E-state index contributed by atoms with van der Waals surface area (Å²) in [4.78, 5) is 0. The molecule has 1 aliphatic heterocycles. The topological polar surface area (TPSA) is 18.5 Å². The first-order valence-corrected chi connectivity index (χ1v) is 3.04. The maximum atomic E-state index is 5.27. The molecule has 0 spiro atoms. The molecule has 1 atom stereocenters. The molecule has 1 fully saturated rings. The summed E-state index contributed by atoms with van der Waals surface area (Å²) in [5.74, 6) is 0. The van der Waals surface area contributed by atoms with E-state index >= 15 is 0 Å². The number of hydrogen-bond acceptors (Lipinski definition) is 2. The average molecular weight is 116 g/mol. The lowest BCUT2D eigenvalue weighted by Crippen LogP contribution is -2.11. The number of methoxy groups -OCH3 is 1. The third-order valence-electron chi connectivity index (χ3n) is 1.38. The largest absolute Gasteiger partial charge is 0.382 e. The van der Waals surface area contributed by atoms with Crippen LogP contribution in [-0.4, -0.2) is 26.4 Å². The van der Waals surface area contributed by atoms with Crippen molar-refractivity contribution in [3.63, 3.8) is 0 Å². The van der Waals surface area contributed by atoms with Crippen molar-refractivity contribution in [2.24, 2.45) is 0 Å². The minimum atomic E-state index is 0.389. The second-order valence-corrected chi connectivity index (χ2v) is 2.09. The number of rotatable bonds is 2. The van der Waals surface area contributed by atoms with Crippen molar-refractivity contribution in [1.29, 1.82) is 0 Å². The molecular formula is C6H12O2. The average Bonchev–Trinajstić information content (AvgIpc) is 2.19. The molecule has 0 aromatic heterocycles. The van der Waals surface area contributed by atoms with Gasteiger partial charge < -0.3 is 9.47 Å². The molecular weight excluding hydrogens is 104 g/mol. The Kier molecular flexibility index (Phi) is 2.30. The normalized spacial score (nSPS) is 28.9. The van der Waals surface area contributed by atoms with Crippen molar-refractivity contribution in [3.8, 4) is 0 Å².